The van der Waals surface area contributed by atoms with Crippen molar-refractivity contribution in [1.29, 1.82) is 0 Å². The Kier molecular flexibility index (Phi) is 4.70. The number of halogens is 1. The molecule has 0 unspecified atom stereocenters. The van der Waals surface area contributed by atoms with Crippen LogP contribution in [0.2, 0.25) is 0 Å². The molecule has 1 aromatic heterocycles. The number of fused-ring (bicyclic) bond motifs is 1. The molecule has 1 heterocycles. The van der Waals surface area contributed by atoms with Crippen molar-refractivity contribution in [2.75, 3.05) is 0 Å². The molecule has 0 atom stereocenters. The lowest BCUT2D eigenvalue weighted by Crippen LogP contribution is -2.42. The fourth-order valence-corrected chi connectivity index (χ4v) is 2.08. The van der Waals surface area contributed by atoms with Crippen molar-refractivity contribution in [2.45, 2.75) is 27.2 Å². The molecular formula is C16H18FN3O2. The highest BCUT2D eigenvalue weighted by molar-refractivity contribution is 5.99. The van der Waals surface area contributed by atoms with E-state index in [1.165, 1.54) is 12.1 Å². The number of carbonyl (C=O) groups is 2. The zero-order valence-electron chi connectivity index (χ0n) is 12.7. The van der Waals surface area contributed by atoms with Gasteiger partial charge in [-0.15, -0.1) is 0 Å². The van der Waals surface area contributed by atoms with Crippen LogP contribution in [0.4, 0.5) is 4.39 Å². The monoisotopic (exact) mass is 303 g/mol. The number of hydrogen-bond acceptors (Lipinski definition) is 3. The zero-order valence-corrected chi connectivity index (χ0v) is 12.7. The quantitative estimate of drug-likeness (QED) is 0.856. The predicted molar refractivity (Wildman–Crippen MR) is 81.5 cm³/mol. The summed E-state index contributed by atoms with van der Waals surface area (Å²) >= 11 is 0. The maximum Gasteiger partial charge on any atom is 0.271 e. The number of aromatic nitrogens is 1. The van der Waals surface area contributed by atoms with Crippen LogP contribution in [0.3, 0.4) is 0 Å². The maximum absolute atomic E-state index is 13.2. The van der Waals surface area contributed by atoms with E-state index >= 15 is 0 Å². The van der Waals surface area contributed by atoms with E-state index in [2.05, 4.69) is 15.8 Å². The van der Waals surface area contributed by atoms with Gasteiger partial charge < -0.3 is 0 Å². The normalized spacial score (nSPS) is 10.8. The molecule has 0 aliphatic rings. The number of nitrogens with one attached hydrogen (secondary N) is 2. The molecule has 2 aromatic rings. The van der Waals surface area contributed by atoms with Crippen molar-refractivity contribution in [1.82, 2.24) is 15.8 Å². The minimum Gasteiger partial charge on any atom is -0.273 e. The number of amides is 2. The van der Waals surface area contributed by atoms with Crippen LogP contribution >= 0.6 is 0 Å². The average molecular weight is 303 g/mol. The van der Waals surface area contributed by atoms with E-state index in [-0.39, 0.29) is 17.6 Å². The van der Waals surface area contributed by atoms with E-state index < -0.39 is 5.91 Å². The number of aryl methyl sites for hydroxylation is 1. The van der Waals surface area contributed by atoms with Gasteiger partial charge in [0.15, 0.2) is 0 Å². The Hall–Kier alpha value is -2.50. The molecule has 1 aromatic carbocycles. The van der Waals surface area contributed by atoms with Crippen LogP contribution in [0.25, 0.3) is 10.9 Å². The van der Waals surface area contributed by atoms with Crippen molar-refractivity contribution in [2.24, 2.45) is 5.92 Å². The zero-order chi connectivity index (χ0) is 16.3. The van der Waals surface area contributed by atoms with Gasteiger partial charge in [-0.25, -0.2) is 4.39 Å². The molecule has 0 saturated carbocycles. The molecule has 0 aliphatic carbocycles. The molecule has 6 heteroatoms. The second-order valence-electron chi connectivity index (χ2n) is 5.56. The van der Waals surface area contributed by atoms with Crippen LogP contribution in [0.5, 0.6) is 0 Å². The molecule has 0 aliphatic heterocycles. The Bertz CT molecular complexity index is 729. The Morgan fingerprint density at radius 1 is 1.23 bits per heavy atom. The second-order valence-corrected chi connectivity index (χ2v) is 5.56. The minimum absolute atomic E-state index is 0.205. The van der Waals surface area contributed by atoms with Crippen LogP contribution in [0, 0.1) is 18.7 Å². The molecule has 2 rings (SSSR count). The molecule has 0 bridgehead atoms. The fraction of sp³-hybridized carbons (Fsp3) is 0.312. The number of rotatable bonds is 3. The van der Waals surface area contributed by atoms with E-state index in [0.717, 1.165) is 0 Å². The topological polar surface area (TPSA) is 71.1 Å². The lowest BCUT2D eigenvalue weighted by atomic mass is 10.1. The minimum atomic E-state index is -0.451. The van der Waals surface area contributed by atoms with Gasteiger partial charge in [0.1, 0.15) is 5.82 Å². The number of hydrazine groups is 1. The van der Waals surface area contributed by atoms with E-state index in [0.29, 0.717) is 28.6 Å². The Labute approximate surface area is 127 Å². The number of carbonyl (C=O) groups excluding carboxylic acids is 2. The second kappa shape index (κ2) is 6.51. The highest BCUT2D eigenvalue weighted by Crippen LogP contribution is 2.17. The highest BCUT2D eigenvalue weighted by Gasteiger charge is 2.13. The van der Waals surface area contributed by atoms with Crippen molar-refractivity contribution < 1.29 is 14.0 Å². The van der Waals surface area contributed by atoms with Crippen LogP contribution in [-0.4, -0.2) is 16.8 Å². The van der Waals surface area contributed by atoms with Gasteiger partial charge >= 0.3 is 0 Å². The first-order valence-corrected chi connectivity index (χ1v) is 7.03. The number of hydrogen-bond donors (Lipinski definition) is 2. The predicted octanol–water partition coefficient (Wildman–Crippen LogP) is 2.49. The van der Waals surface area contributed by atoms with Gasteiger partial charge in [0, 0.05) is 17.9 Å². The molecule has 2 N–H and O–H groups in total. The van der Waals surface area contributed by atoms with Gasteiger partial charge in [-0.05, 0) is 31.0 Å². The summed E-state index contributed by atoms with van der Waals surface area (Å²) in [5.41, 5.74) is 6.03. The maximum atomic E-state index is 13.2. The number of nitrogens with zero attached hydrogens (tertiary/aromatic N) is 1. The van der Waals surface area contributed by atoms with Gasteiger partial charge in [0.2, 0.25) is 5.91 Å². The third-order valence-corrected chi connectivity index (χ3v) is 3.12. The first-order valence-electron chi connectivity index (χ1n) is 7.03. The largest absolute Gasteiger partial charge is 0.273 e. The Morgan fingerprint density at radius 3 is 2.64 bits per heavy atom. The first-order chi connectivity index (χ1) is 10.4. The third-order valence-electron chi connectivity index (χ3n) is 3.12. The van der Waals surface area contributed by atoms with Gasteiger partial charge in [0.05, 0.1) is 16.8 Å². The molecule has 0 radical (unpaired) electrons. The van der Waals surface area contributed by atoms with Crippen molar-refractivity contribution >= 4 is 22.7 Å². The van der Waals surface area contributed by atoms with Crippen LogP contribution in [0.15, 0.2) is 24.3 Å². The standard InChI is InChI=1S/C16H18FN3O2/c1-9(2)6-15(21)19-20-16(22)13-7-11-4-5-12(17)8-14(11)18-10(13)3/h4-5,7-9H,6H2,1-3H3,(H,19,21)(H,20,22). The summed E-state index contributed by atoms with van der Waals surface area (Å²) in [6.07, 6.45) is 0.328. The van der Waals surface area contributed by atoms with Gasteiger partial charge in [-0.3, -0.25) is 25.4 Å². The van der Waals surface area contributed by atoms with E-state index in [1.807, 2.05) is 13.8 Å². The van der Waals surface area contributed by atoms with E-state index in [9.17, 15) is 14.0 Å². The summed E-state index contributed by atoms with van der Waals surface area (Å²) < 4.78 is 13.2. The van der Waals surface area contributed by atoms with Gasteiger partial charge in [-0.2, -0.15) is 0 Å². The molecule has 0 fully saturated rings. The van der Waals surface area contributed by atoms with Crippen LogP contribution < -0.4 is 10.9 Å². The van der Waals surface area contributed by atoms with Crippen molar-refractivity contribution in [3.8, 4) is 0 Å². The van der Waals surface area contributed by atoms with Gasteiger partial charge in [0.25, 0.3) is 5.91 Å². The smallest absolute Gasteiger partial charge is 0.271 e. The summed E-state index contributed by atoms with van der Waals surface area (Å²) in [6.45, 7) is 5.49. The van der Waals surface area contributed by atoms with Crippen LogP contribution in [0.1, 0.15) is 36.3 Å². The third kappa shape index (κ3) is 3.78. The molecule has 5 nitrogen and oxygen atoms in total. The first kappa shape index (κ1) is 15.9. The molecule has 116 valence electrons. The summed E-state index contributed by atoms with van der Waals surface area (Å²) in [7, 11) is 0. The van der Waals surface area contributed by atoms with E-state index in [4.69, 9.17) is 0 Å². The van der Waals surface area contributed by atoms with Gasteiger partial charge in [-0.1, -0.05) is 13.8 Å². The summed E-state index contributed by atoms with van der Waals surface area (Å²) in [5.74, 6) is -0.876. The molecule has 0 saturated heterocycles. The summed E-state index contributed by atoms with van der Waals surface area (Å²) in [4.78, 5) is 27.9. The number of pyridine rings is 1. The molecule has 2 amide bonds. The highest BCUT2D eigenvalue weighted by atomic mass is 19.1. The van der Waals surface area contributed by atoms with Crippen LogP contribution in [-0.2, 0) is 4.79 Å². The van der Waals surface area contributed by atoms with Crippen molar-refractivity contribution in [3.63, 3.8) is 0 Å². The summed E-state index contributed by atoms with van der Waals surface area (Å²) in [6, 6.07) is 5.81. The molecule has 0 spiro atoms. The average Bonchev–Trinajstić information content (AvgIpc) is 2.43. The lowest BCUT2D eigenvalue weighted by Gasteiger charge is -2.11. The molecule has 22 heavy (non-hydrogen) atoms. The fourth-order valence-electron chi connectivity index (χ4n) is 2.08. The van der Waals surface area contributed by atoms with Crippen molar-refractivity contribution in [3.05, 3.63) is 41.3 Å². The lowest BCUT2D eigenvalue weighted by molar-refractivity contribution is -0.122. The summed E-state index contributed by atoms with van der Waals surface area (Å²) in [5, 5.41) is 0.658. The SMILES string of the molecule is Cc1nc2cc(F)ccc2cc1C(=O)NNC(=O)CC(C)C. The molecular weight excluding hydrogens is 285 g/mol. The Balaban J connectivity index is 2.16. The number of benzene rings is 1. The Morgan fingerprint density at radius 2 is 1.95 bits per heavy atom. The van der Waals surface area contributed by atoms with E-state index in [1.54, 1.807) is 19.1 Å².